The molecule has 1 aromatic carbocycles. The molecule has 0 aliphatic heterocycles. The van der Waals surface area contributed by atoms with Crippen LogP contribution >= 0.6 is 0 Å². The lowest BCUT2D eigenvalue weighted by Crippen LogP contribution is -2.28. The molecule has 0 atom stereocenters. The van der Waals surface area contributed by atoms with Gasteiger partial charge in [-0.2, -0.15) is 0 Å². The van der Waals surface area contributed by atoms with Gasteiger partial charge in [-0.05, 0) is 44.5 Å². The summed E-state index contributed by atoms with van der Waals surface area (Å²) in [7, 11) is -0.562. The number of aromatic nitrogens is 2. The van der Waals surface area contributed by atoms with Gasteiger partial charge in [0.2, 0.25) is 0 Å². The van der Waals surface area contributed by atoms with Crippen LogP contribution in [0.1, 0.15) is 26.3 Å². The Morgan fingerprint density at radius 2 is 1.86 bits per heavy atom. The lowest BCUT2D eigenvalue weighted by Gasteiger charge is -2.21. The van der Waals surface area contributed by atoms with Crippen LogP contribution in [-0.2, 0) is 21.2 Å². The van der Waals surface area contributed by atoms with Crippen LogP contribution in [-0.4, -0.2) is 36.8 Å². The summed E-state index contributed by atoms with van der Waals surface area (Å²) in [4.78, 5) is 4.53. The Labute approximate surface area is 165 Å². The van der Waals surface area contributed by atoms with Crippen molar-refractivity contribution in [3.8, 4) is 17.0 Å². The van der Waals surface area contributed by atoms with E-state index in [0.29, 0.717) is 17.9 Å². The number of fused-ring (bicyclic) bond motifs is 1. The zero-order valence-corrected chi connectivity index (χ0v) is 17.5. The van der Waals surface area contributed by atoms with Crippen LogP contribution in [0, 0.1) is 0 Å². The van der Waals surface area contributed by atoms with Crippen LogP contribution in [0.25, 0.3) is 16.9 Å². The number of benzene rings is 1. The molecular formula is C20H25N3O4S. The van der Waals surface area contributed by atoms with Gasteiger partial charge < -0.3 is 15.2 Å². The molecule has 3 rings (SSSR count). The molecule has 0 aliphatic carbocycles. The number of nitrogens with zero attached hydrogens (tertiary/aromatic N) is 2. The van der Waals surface area contributed by atoms with Crippen LogP contribution < -0.4 is 10.5 Å². The topological polar surface area (TPSA) is 95.9 Å². The lowest BCUT2D eigenvalue weighted by molar-refractivity contribution is 0.185. The number of rotatable bonds is 5. The maximum absolute atomic E-state index is 13.1. The molecule has 28 heavy (non-hydrogen) atoms. The van der Waals surface area contributed by atoms with Crippen molar-refractivity contribution >= 4 is 21.2 Å². The number of imidazole rings is 1. The van der Waals surface area contributed by atoms with Crippen molar-refractivity contribution in [2.75, 3.05) is 20.0 Å². The normalized spacial score (nSPS) is 12.5. The van der Waals surface area contributed by atoms with Crippen LogP contribution in [0.5, 0.6) is 5.75 Å². The molecule has 0 saturated carbocycles. The average molecular weight is 404 g/mol. The highest BCUT2D eigenvalue weighted by atomic mass is 32.2. The van der Waals surface area contributed by atoms with E-state index in [1.165, 1.54) is 7.11 Å². The van der Waals surface area contributed by atoms with Gasteiger partial charge in [0.15, 0.2) is 9.84 Å². The van der Waals surface area contributed by atoms with E-state index in [-0.39, 0.29) is 10.6 Å². The van der Waals surface area contributed by atoms with Crippen molar-refractivity contribution in [2.45, 2.75) is 37.0 Å². The third-order valence-electron chi connectivity index (χ3n) is 4.51. The van der Waals surface area contributed by atoms with Crippen molar-refractivity contribution < 1.29 is 17.9 Å². The van der Waals surface area contributed by atoms with Crippen molar-refractivity contribution in [2.24, 2.45) is 0 Å². The monoisotopic (exact) mass is 403 g/mol. The molecule has 150 valence electrons. The Balaban J connectivity index is 2.27. The minimum absolute atomic E-state index is 0.121. The molecule has 8 heteroatoms. The molecule has 3 aromatic rings. The number of sulfone groups is 1. The number of methoxy groups -OCH3 is 2. The van der Waals surface area contributed by atoms with Gasteiger partial charge in [-0.3, -0.25) is 4.40 Å². The first kappa shape index (κ1) is 20.2. The Morgan fingerprint density at radius 3 is 2.46 bits per heavy atom. The second kappa shape index (κ2) is 7.10. The summed E-state index contributed by atoms with van der Waals surface area (Å²) < 4.78 is 37.5. The summed E-state index contributed by atoms with van der Waals surface area (Å²) in [6, 6.07) is 7.25. The largest absolute Gasteiger partial charge is 0.495 e. The summed E-state index contributed by atoms with van der Waals surface area (Å²) in [5.74, 6) is 0.271. The number of anilines is 1. The Morgan fingerprint density at radius 1 is 1.14 bits per heavy atom. The van der Waals surface area contributed by atoms with E-state index >= 15 is 0 Å². The molecule has 2 aromatic heterocycles. The van der Waals surface area contributed by atoms with Crippen LogP contribution in [0.15, 0.2) is 41.6 Å². The van der Waals surface area contributed by atoms with Crippen molar-refractivity contribution in [1.82, 2.24) is 9.38 Å². The van der Waals surface area contributed by atoms with Crippen molar-refractivity contribution in [3.63, 3.8) is 0 Å². The molecule has 2 heterocycles. The van der Waals surface area contributed by atoms with Gasteiger partial charge in [0.25, 0.3) is 0 Å². The van der Waals surface area contributed by atoms with E-state index in [9.17, 15) is 8.42 Å². The van der Waals surface area contributed by atoms with Gasteiger partial charge in [0.05, 0.1) is 30.4 Å². The van der Waals surface area contributed by atoms with E-state index in [4.69, 9.17) is 15.2 Å². The van der Waals surface area contributed by atoms with E-state index in [2.05, 4.69) is 4.98 Å². The Kier molecular flexibility index (Phi) is 5.12. The molecule has 7 nitrogen and oxygen atoms in total. The maximum Gasteiger partial charge on any atom is 0.188 e. The fraction of sp³-hybridized carbons (Fsp3) is 0.350. The van der Waals surface area contributed by atoms with E-state index < -0.39 is 14.6 Å². The number of hydrogen-bond acceptors (Lipinski definition) is 6. The third-order valence-corrected chi connectivity index (χ3v) is 7.01. The standard InChI is InChI=1S/C20H25N3O4S/c1-20(2,3)28(24,25)18-11-23-16(10-22-19(23)9-17(18)27-5)14-6-13(12-26-4)7-15(21)8-14/h6-11H,12,21H2,1-5H3. The van der Waals surface area contributed by atoms with Crippen molar-refractivity contribution in [3.05, 3.63) is 42.2 Å². The summed E-state index contributed by atoms with van der Waals surface area (Å²) in [6.45, 7) is 5.41. The molecule has 0 amide bonds. The molecule has 0 radical (unpaired) electrons. The fourth-order valence-electron chi connectivity index (χ4n) is 3.01. The Bertz CT molecular complexity index is 1130. The van der Waals surface area contributed by atoms with Gasteiger partial charge in [-0.1, -0.05) is 0 Å². The molecule has 0 fully saturated rings. The highest BCUT2D eigenvalue weighted by Gasteiger charge is 2.34. The number of nitrogens with two attached hydrogens (primary N) is 1. The zero-order chi connectivity index (χ0) is 20.7. The van der Waals surface area contributed by atoms with Gasteiger partial charge in [-0.15, -0.1) is 0 Å². The minimum atomic E-state index is -3.63. The number of hydrogen-bond donors (Lipinski definition) is 1. The Hall–Kier alpha value is -2.58. The van der Waals surface area contributed by atoms with Crippen molar-refractivity contribution in [1.29, 1.82) is 0 Å². The molecule has 2 N–H and O–H groups in total. The average Bonchev–Trinajstić information content (AvgIpc) is 3.02. The van der Waals surface area contributed by atoms with E-state index in [0.717, 1.165) is 16.8 Å². The maximum atomic E-state index is 13.1. The quantitative estimate of drug-likeness (QED) is 0.657. The number of ether oxygens (including phenoxy) is 2. The second-order valence-electron chi connectivity index (χ2n) is 7.59. The first-order valence-corrected chi connectivity index (χ1v) is 10.3. The third kappa shape index (κ3) is 3.45. The van der Waals surface area contributed by atoms with E-state index in [1.54, 1.807) is 50.7 Å². The smallest absolute Gasteiger partial charge is 0.188 e. The van der Waals surface area contributed by atoms with Crippen LogP contribution in [0.2, 0.25) is 0 Å². The molecule has 0 bridgehead atoms. The van der Waals surface area contributed by atoms with Gasteiger partial charge in [0.1, 0.15) is 16.3 Å². The van der Waals surface area contributed by atoms with Crippen LogP contribution in [0.3, 0.4) is 0 Å². The first-order valence-electron chi connectivity index (χ1n) is 8.77. The first-order chi connectivity index (χ1) is 13.1. The van der Waals surface area contributed by atoms with Gasteiger partial charge in [0, 0.05) is 30.6 Å². The molecule has 0 aliphatic rings. The van der Waals surface area contributed by atoms with Crippen LogP contribution in [0.4, 0.5) is 5.69 Å². The van der Waals surface area contributed by atoms with Gasteiger partial charge >= 0.3 is 0 Å². The van der Waals surface area contributed by atoms with E-state index in [1.807, 2.05) is 18.2 Å². The highest BCUT2D eigenvalue weighted by Crippen LogP contribution is 2.34. The molecule has 0 spiro atoms. The molecular weight excluding hydrogens is 378 g/mol. The minimum Gasteiger partial charge on any atom is -0.495 e. The summed E-state index contributed by atoms with van der Waals surface area (Å²) in [6.07, 6.45) is 3.25. The summed E-state index contributed by atoms with van der Waals surface area (Å²) in [5, 5.41) is 0. The number of pyridine rings is 1. The SMILES string of the molecule is COCc1cc(N)cc(-c2cnc3cc(OC)c(S(=O)(=O)C(C)(C)C)cn23)c1. The van der Waals surface area contributed by atoms with Gasteiger partial charge in [-0.25, -0.2) is 13.4 Å². The highest BCUT2D eigenvalue weighted by molar-refractivity contribution is 7.92. The molecule has 0 unspecified atom stereocenters. The number of nitrogen functional groups attached to an aromatic ring is 1. The summed E-state index contributed by atoms with van der Waals surface area (Å²) in [5.41, 5.74) is 9.69. The predicted molar refractivity (Wildman–Crippen MR) is 109 cm³/mol. The zero-order valence-electron chi connectivity index (χ0n) is 16.7. The second-order valence-corrected chi connectivity index (χ2v) is 10.3. The summed E-state index contributed by atoms with van der Waals surface area (Å²) >= 11 is 0. The lowest BCUT2D eigenvalue weighted by atomic mass is 10.1. The predicted octanol–water partition coefficient (Wildman–Crippen LogP) is 3.31. The molecule has 0 saturated heterocycles. The fourth-order valence-corrected chi connectivity index (χ4v) is 4.32.